The smallest absolute Gasteiger partial charge is 0.233 e. The number of hydrogen-bond acceptors (Lipinski definition) is 4. The maximum Gasteiger partial charge on any atom is 0.233 e. The molecule has 3 aromatic rings. The van der Waals surface area contributed by atoms with Gasteiger partial charge in [-0.2, -0.15) is 0 Å². The molecular formula is C23H19ClN2O2. The second-order valence-electron chi connectivity index (χ2n) is 7.45. The Labute approximate surface area is 168 Å². The number of carbonyl (C=O) groups excluding carboxylic acids is 1. The minimum atomic E-state index is -0.141. The van der Waals surface area contributed by atoms with Gasteiger partial charge < -0.3 is 9.84 Å². The Kier molecular flexibility index (Phi) is 4.09. The largest absolute Gasteiger partial charge is 0.338 e. The molecule has 1 N–H and O–H groups in total. The van der Waals surface area contributed by atoms with Crippen molar-refractivity contribution < 1.29 is 9.32 Å². The summed E-state index contributed by atoms with van der Waals surface area (Å²) in [7, 11) is 0. The van der Waals surface area contributed by atoms with Gasteiger partial charge in [-0.05, 0) is 42.5 Å². The minimum Gasteiger partial charge on any atom is -0.338 e. The van der Waals surface area contributed by atoms with Gasteiger partial charge in [0.05, 0.1) is 11.3 Å². The number of Topliss-reactive ketones (excluding diaryl/α,β-unsaturated/α-hetero) is 1. The molecular weight excluding hydrogens is 372 g/mol. The van der Waals surface area contributed by atoms with Crippen LogP contribution in [-0.4, -0.2) is 10.9 Å². The fourth-order valence-electron chi connectivity index (χ4n) is 4.42. The zero-order valence-corrected chi connectivity index (χ0v) is 16.2. The molecule has 140 valence electrons. The summed E-state index contributed by atoms with van der Waals surface area (Å²) in [6.45, 7) is 1.93. The molecule has 2 aromatic carbocycles. The molecule has 1 aromatic heterocycles. The standard InChI is InChI=1S/C23H19ClN2O2/c1-13-20-21(15-5-3-2-4-6-15)22-18(25-23(20)28-26-13)11-16(12-19(22)27)14-7-9-17(24)10-8-14/h2-10,16,21,25H,11-12H2,1H3/t16-,21-/m1/s1. The maximum absolute atomic E-state index is 13.3. The van der Waals surface area contributed by atoms with E-state index in [4.69, 9.17) is 16.1 Å². The van der Waals surface area contributed by atoms with E-state index in [9.17, 15) is 4.79 Å². The summed E-state index contributed by atoms with van der Waals surface area (Å²) in [5.74, 6) is 0.804. The quantitative estimate of drug-likeness (QED) is 0.619. The molecule has 0 unspecified atom stereocenters. The van der Waals surface area contributed by atoms with Crippen molar-refractivity contribution in [3.8, 4) is 0 Å². The normalized spacial score (nSPS) is 21.1. The van der Waals surface area contributed by atoms with Crippen molar-refractivity contribution in [2.24, 2.45) is 0 Å². The van der Waals surface area contributed by atoms with E-state index in [0.29, 0.717) is 17.3 Å². The van der Waals surface area contributed by atoms with Gasteiger partial charge in [-0.3, -0.25) is 4.79 Å². The monoisotopic (exact) mass is 390 g/mol. The Morgan fingerprint density at radius 1 is 1.04 bits per heavy atom. The first-order valence-corrected chi connectivity index (χ1v) is 9.79. The molecule has 0 bridgehead atoms. The second-order valence-corrected chi connectivity index (χ2v) is 7.89. The van der Waals surface area contributed by atoms with Crippen molar-refractivity contribution in [2.75, 3.05) is 5.32 Å². The van der Waals surface area contributed by atoms with Gasteiger partial charge in [-0.15, -0.1) is 0 Å². The predicted molar refractivity (Wildman–Crippen MR) is 109 cm³/mol. The highest BCUT2D eigenvalue weighted by atomic mass is 35.5. The van der Waals surface area contributed by atoms with Gasteiger partial charge in [0.2, 0.25) is 5.88 Å². The molecule has 0 fully saturated rings. The lowest BCUT2D eigenvalue weighted by Crippen LogP contribution is -2.29. The van der Waals surface area contributed by atoms with E-state index >= 15 is 0 Å². The Morgan fingerprint density at radius 2 is 1.79 bits per heavy atom. The van der Waals surface area contributed by atoms with E-state index in [1.807, 2.05) is 49.4 Å². The van der Waals surface area contributed by atoms with Crippen LogP contribution in [-0.2, 0) is 4.79 Å². The van der Waals surface area contributed by atoms with Gasteiger partial charge >= 0.3 is 0 Å². The minimum absolute atomic E-state index is 0.123. The Bertz CT molecular complexity index is 1080. The van der Waals surface area contributed by atoms with E-state index in [0.717, 1.165) is 40.1 Å². The van der Waals surface area contributed by atoms with Crippen LogP contribution in [0.15, 0.2) is 70.4 Å². The summed E-state index contributed by atoms with van der Waals surface area (Å²) in [5.41, 5.74) is 5.77. The number of rotatable bonds is 2. The van der Waals surface area contributed by atoms with Crippen LogP contribution < -0.4 is 5.32 Å². The molecule has 0 saturated carbocycles. The number of nitrogens with zero attached hydrogens (tertiary/aromatic N) is 1. The number of nitrogens with one attached hydrogen (secondary N) is 1. The van der Waals surface area contributed by atoms with Gasteiger partial charge in [-0.25, -0.2) is 0 Å². The van der Waals surface area contributed by atoms with Crippen molar-refractivity contribution in [3.63, 3.8) is 0 Å². The average molecular weight is 391 g/mol. The van der Waals surface area contributed by atoms with Crippen LogP contribution in [0.2, 0.25) is 5.02 Å². The number of carbonyl (C=O) groups is 1. The van der Waals surface area contributed by atoms with Crippen molar-refractivity contribution in [3.05, 3.63) is 93.3 Å². The molecule has 2 aliphatic rings. The van der Waals surface area contributed by atoms with Gasteiger partial charge in [0.15, 0.2) is 5.78 Å². The zero-order valence-electron chi connectivity index (χ0n) is 15.4. The third-order valence-corrected chi connectivity index (χ3v) is 5.98. The fraction of sp³-hybridized carbons (Fsp3) is 0.217. The first kappa shape index (κ1) is 17.3. The molecule has 2 atom stereocenters. The predicted octanol–water partition coefficient (Wildman–Crippen LogP) is 5.59. The molecule has 5 rings (SSSR count). The number of halogens is 1. The van der Waals surface area contributed by atoms with Crippen molar-refractivity contribution in [1.29, 1.82) is 0 Å². The van der Waals surface area contributed by atoms with E-state index in [1.54, 1.807) is 0 Å². The van der Waals surface area contributed by atoms with E-state index in [2.05, 4.69) is 22.6 Å². The lowest BCUT2D eigenvalue weighted by atomic mass is 9.72. The Balaban J connectivity index is 1.61. The number of aromatic nitrogens is 1. The van der Waals surface area contributed by atoms with Crippen molar-refractivity contribution >= 4 is 23.3 Å². The van der Waals surface area contributed by atoms with Gasteiger partial charge in [0, 0.05) is 28.6 Å². The third-order valence-electron chi connectivity index (χ3n) is 5.73. The number of hydrogen-bond donors (Lipinski definition) is 1. The lowest BCUT2D eigenvalue weighted by Gasteiger charge is -2.34. The molecule has 0 radical (unpaired) electrons. The summed E-state index contributed by atoms with van der Waals surface area (Å²) >= 11 is 6.03. The summed E-state index contributed by atoms with van der Waals surface area (Å²) in [5, 5.41) is 8.22. The highest BCUT2D eigenvalue weighted by Gasteiger charge is 2.40. The van der Waals surface area contributed by atoms with Crippen LogP contribution >= 0.6 is 11.6 Å². The molecule has 0 spiro atoms. The van der Waals surface area contributed by atoms with E-state index < -0.39 is 0 Å². The summed E-state index contributed by atoms with van der Waals surface area (Å²) < 4.78 is 5.56. The van der Waals surface area contributed by atoms with Crippen molar-refractivity contribution in [1.82, 2.24) is 5.16 Å². The number of allylic oxidation sites excluding steroid dienone is 2. The fourth-order valence-corrected chi connectivity index (χ4v) is 4.55. The highest BCUT2D eigenvalue weighted by Crippen LogP contribution is 2.48. The second kappa shape index (κ2) is 6.64. The average Bonchev–Trinajstić information content (AvgIpc) is 3.08. The molecule has 5 heteroatoms. The molecule has 1 aliphatic heterocycles. The number of benzene rings is 2. The third kappa shape index (κ3) is 2.76. The molecule has 1 aliphatic carbocycles. The van der Waals surface area contributed by atoms with Crippen LogP contribution in [0.4, 0.5) is 5.88 Å². The van der Waals surface area contributed by atoms with Crippen LogP contribution in [0, 0.1) is 6.92 Å². The number of fused-ring (bicyclic) bond motifs is 1. The summed E-state index contributed by atoms with van der Waals surface area (Å²) in [4.78, 5) is 13.3. The highest BCUT2D eigenvalue weighted by molar-refractivity contribution is 6.30. The molecule has 2 heterocycles. The van der Waals surface area contributed by atoms with Gasteiger partial charge in [-0.1, -0.05) is 59.2 Å². The maximum atomic E-state index is 13.3. The van der Waals surface area contributed by atoms with Crippen LogP contribution in [0.1, 0.15) is 47.1 Å². The zero-order chi connectivity index (χ0) is 19.3. The van der Waals surface area contributed by atoms with E-state index in [1.165, 1.54) is 0 Å². The van der Waals surface area contributed by atoms with Crippen LogP contribution in [0.5, 0.6) is 0 Å². The Hall–Kier alpha value is -2.85. The number of ketones is 1. The molecule has 4 nitrogen and oxygen atoms in total. The van der Waals surface area contributed by atoms with Gasteiger partial charge in [0.25, 0.3) is 0 Å². The summed E-state index contributed by atoms with van der Waals surface area (Å²) in [6.07, 6.45) is 1.25. The first-order chi connectivity index (χ1) is 13.6. The van der Waals surface area contributed by atoms with Crippen LogP contribution in [0.3, 0.4) is 0 Å². The van der Waals surface area contributed by atoms with Crippen molar-refractivity contribution in [2.45, 2.75) is 31.6 Å². The van der Waals surface area contributed by atoms with Crippen LogP contribution in [0.25, 0.3) is 0 Å². The summed E-state index contributed by atoms with van der Waals surface area (Å²) in [6, 6.07) is 17.9. The molecule has 28 heavy (non-hydrogen) atoms. The molecule has 0 amide bonds. The molecule has 0 saturated heterocycles. The number of anilines is 1. The Morgan fingerprint density at radius 3 is 2.54 bits per heavy atom. The van der Waals surface area contributed by atoms with E-state index in [-0.39, 0.29) is 17.6 Å². The topological polar surface area (TPSA) is 55.1 Å². The van der Waals surface area contributed by atoms with Gasteiger partial charge in [0.1, 0.15) is 0 Å². The number of aryl methyl sites for hydroxylation is 1. The SMILES string of the molecule is Cc1noc2c1[C@@H](c1ccccc1)C1=C(C[C@@H](c3ccc(Cl)cc3)CC1=O)N2. The first-order valence-electron chi connectivity index (χ1n) is 9.41. The lowest BCUT2D eigenvalue weighted by molar-refractivity contribution is -0.116.